The van der Waals surface area contributed by atoms with E-state index in [1.807, 2.05) is 0 Å². The van der Waals surface area contributed by atoms with Crippen molar-refractivity contribution in [3.8, 4) is 0 Å². The van der Waals surface area contributed by atoms with Gasteiger partial charge in [-0.3, -0.25) is 9.78 Å². The number of nitrogens with zero attached hydrogens (tertiary/aromatic N) is 1. The quantitative estimate of drug-likeness (QED) is 0.793. The lowest BCUT2D eigenvalue weighted by atomic mass is 10.1. The Balaban J connectivity index is 1.92. The molecule has 3 N–H and O–H groups in total. The van der Waals surface area contributed by atoms with Crippen LogP contribution < -0.4 is 11.1 Å². The van der Waals surface area contributed by atoms with Crippen LogP contribution >= 0.6 is 0 Å². The smallest absolute Gasteiger partial charge is 0.253 e. The van der Waals surface area contributed by atoms with Crippen LogP contribution in [0.2, 0.25) is 0 Å². The van der Waals surface area contributed by atoms with Crippen LogP contribution in [0.25, 0.3) is 0 Å². The highest BCUT2D eigenvalue weighted by Crippen LogP contribution is 2.17. The highest BCUT2D eigenvalue weighted by atomic mass is 32.2. The van der Waals surface area contributed by atoms with Crippen molar-refractivity contribution in [2.45, 2.75) is 6.42 Å². The highest BCUT2D eigenvalue weighted by Gasteiger charge is 2.28. The van der Waals surface area contributed by atoms with E-state index in [1.54, 1.807) is 0 Å². The molecule has 7 heteroatoms. The number of nitrogens with two attached hydrogens (primary N) is 1. The van der Waals surface area contributed by atoms with Crippen LogP contribution in [-0.4, -0.2) is 37.4 Å². The second kappa shape index (κ2) is 4.93. The van der Waals surface area contributed by atoms with Crippen molar-refractivity contribution in [3.05, 3.63) is 24.0 Å². The van der Waals surface area contributed by atoms with Gasteiger partial charge in [0.2, 0.25) is 0 Å². The number of amides is 1. The van der Waals surface area contributed by atoms with Gasteiger partial charge in [0.15, 0.2) is 9.84 Å². The summed E-state index contributed by atoms with van der Waals surface area (Å²) in [5.74, 6) is 0.0746. The molecule has 1 saturated heterocycles. The fourth-order valence-corrected chi connectivity index (χ4v) is 3.84. The summed E-state index contributed by atoms with van der Waals surface area (Å²) in [6.07, 6.45) is 3.51. The molecule has 1 atom stereocenters. The Bertz CT molecular complexity index is 556. The van der Waals surface area contributed by atoms with Crippen molar-refractivity contribution >= 4 is 21.4 Å². The van der Waals surface area contributed by atoms with E-state index >= 15 is 0 Å². The minimum Gasteiger partial charge on any atom is -0.397 e. The van der Waals surface area contributed by atoms with E-state index in [2.05, 4.69) is 10.3 Å². The summed E-state index contributed by atoms with van der Waals surface area (Å²) >= 11 is 0. The maximum Gasteiger partial charge on any atom is 0.253 e. The molecule has 98 valence electrons. The molecule has 1 aliphatic heterocycles. The van der Waals surface area contributed by atoms with E-state index < -0.39 is 9.84 Å². The van der Waals surface area contributed by atoms with Gasteiger partial charge in [0, 0.05) is 12.7 Å². The normalized spacial score (nSPS) is 21.7. The van der Waals surface area contributed by atoms with E-state index in [4.69, 9.17) is 5.73 Å². The minimum absolute atomic E-state index is 0.00186. The molecule has 18 heavy (non-hydrogen) atoms. The summed E-state index contributed by atoms with van der Waals surface area (Å²) < 4.78 is 22.5. The molecular weight excluding hydrogens is 254 g/mol. The van der Waals surface area contributed by atoms with Gasteiger partial charge in [0.25, 0.3) is 5.91 Å². The number of carbonyl (C=O) groups is 1. The summed E-state index contributed by atoms with van der Waals surface area (Å²) in [6.45, 7) is 0.361. The molecule has 0 bridgehead atoms. The van der Waals surface area contributed by atoms with Gasteiger partial charge in [-0.25, -0.2) is 8.42 Å². The van der Waals surface area contributed by atoms with Crippen molar-refractivity contribution in [1.82, 2.24) is 10.3 Å². The number of aromatic nitrogens is 1. The highest BCUT2D eigenvalue weighted by molar-refractivity contribution is 7.91. The third-order valence-electron chi connectivity index (χ3n) is 2.97. The Labute approximate surface area is 106 Å². The topological polar surface area (TPSA) is 102 Å². The zero-order valence-corrected chi connectivity index (χ0v) is 10.6. The third kappa shape index (κ3) is 2.98. The summed E-state index contributed by atoms with van der Waals surface area (Å²) in [6, 6.07) is 1.54. The van der Waals surface area contributed by atoms with Crippen LogP contribution in [0.15, 0.2) is 18.5 Å². The van der Waals surface area contributed by atoms with Crippen LogP contribution in [0, 0.1) is 5.92 Å². The molecule has 1 amide bonds. The molecule has 2 heterocycles. The van der Waals surface area contributed by atoms with E-state index in [0.717, 1.165) is 0 Å². The Hall–Kier alpha value is -1.63. The largest absolute Gasteiger partial charge is 0.397 e. The molecular formula is C11H15N3O3S. The van der Waals surface area contributed by atoms with Gasteiger partial charge < -0.3 is 11.1 Å². The predicted octanol–water partition coefficient (Wildman–Crippen LogP) is -0.172. The molecule has 0 saturated carbocycles. The standard InChI is InChI=1S/C11H15N3O3S/c12-10-6-13-3-1-9(10)11(15)14-5-8-2-4-18(16,17)7-8/h1,3,6,8H,2,4-5,7,12H2,(H,14,15). The van der Waals surface area contributed by atoms with Crippen LogP contribution in [0.4, 0.5) is 5.69 Å². The maximum atomic E-state index is 11.8. The number of nitrogen functional groups attached to an aromatic ring is 1. The molecule has 1 fully saturated rings. The predicted molar refractivity (Wildman–Crippen MR) is 67.7 cm³/mol. The van der Waals surface area contributed by atoms with Gasteiger partial charge in [-0.05, 0) is 18.4 Å². The van der Waals surface area contributed by atoms with Crippen molar-refractivity contribution in [3.63, 3.8) is 0 Å². The first-order chi connectivity index (χ1) is 8.48. The first kappa shape index (κ1) is 12.8. The van der Waals surface area contributed by atoms with Gasteiger partial charge in [0.1, 0.15) is 0 Å². The molecule has 0 aromatic carbocycles. The molecule has 1 unspecified atom stereocenters. The number of rotatable bonds is 3. The SMILES string of the molecule is Nc1cnccc1C(=O)NCC1CCS(=O)(=O)C1. The first-order valence-electron chi connectivity index (χ1n) is 5.66. The summed E-state index contributed by atoms with van der Waals surface area (Å²) in [4.78, 5) is 15.6. The fraction of sp³-hybridized carbons (Fsp3) is 0.455. The van der Waals surface area contributed by atoms with Gasteiger partial charge >= 0.3 is 0 Å². The van der Waals surface area contributed by atoms with Crippen LogP contribution in [-0.2, 0) is 9.84 Å². The number of sulfone groups is 1. The molecule has 0 aliphatic carbocycles. The molecule has 1 aromatic rings. The van der Waals surface area contributed by atoms with E-state index in [0.29, 0.717) is 24.2 Å². The van der Waals surface area contributed by atoms with E-state index in [1.165, 1.54) is 18.5 Å². The Morgan fingerprint density at radius 2 is 2.33 bits per heavy atom. The number of carbonyl (C=O) groups excluding carboxylic acids is 1. The van der Waals surface area contributed by atoms with Gasteiger partial charge in [0.05, 0.1) is 29.0 Å². The lowest BCUT2D eigenvalue weighted by Gasteiger charge is -2.10. The Morgan fingerprint density at radius 3 is 2.94 bits per heavy atom. The Kier molecular flexibility index (Phi) is 3.51. The summed E-state index contributed by atoms with van der Waals surface area (Å²) in [5.41, 5.74) is 6.31. The van der Waals surface area contributed by atoms with Gasteiger partial charge in [-0.15, -0.1) is 0 Å². The van der Waals surface area contributed by atoms with Crippen LogP contribution in [0.5, 0.6) is 0 Å². The zero-order chi connectivity index (χ0) is 13.2. The number of hydrogen-bond donors (Lipinski definition) is 2. The average Bonchev–Trinajstić information content (AvgIpc) is 2.66. The van der Waals surface area contributed by atoms with Crippen molar-refractivity contribution in [2.24, 2.45) is 5.92 Å². The number of nitrogens with one attached hydrogen (secondary N) is 1. The van der Waals surface area contributed by atoms with Crippen molar-refractivity contribution < 1.29 is 13.2 Å². The minimum atomic E-state index is -2.90. The van der Waals surface area contributed by atoms with E-state index in [-0.39, 0.29) is 23.3 Å². The lowest BCUT2D eigenvalue weighted by Crippen LogP contribution is -2.30. The zero-order valence-electron chi connectivity index (χ0n) is 9.80. The van der Waals surface area contributed by atoms with Gasteiger partial charge in [-0.1, -0.05) is 0 Å². The lowest BCUT2D eigenvalue weighted by molar-refractivity contribution is 0.0949. The molecule has 2 rings (SSSR count). The second-order valence-corrected chi connectivity index (χ2v) is 6.67. The summed E-state index contributed by atoms with van der Waals surface area (Å²) in [5, 5.41) is 2.71. The van der Waals surface area contributed by atoms with Gasteiger partial charge in [-0.2, -0.15) is 0 Å². The fourth-order valence-electron chi connectivity index (χ4n) is 1.98. The molecule has 1 aromatic heterocycles. The maximum absolute atomic E-state index is 11.8. The van der Waals surface area contributed by atoms with Crippen molar-refractivity contribution in [1.29, 1.82) is 0 Å². The molecule has 0 radical (unpaired) electrons. The number of pyridine rings is 1. The second-order valence-electron chi connectivity index (χ2n) is 4.44. The summed E-state index contributed by atoms with van der Waals surface area (Å²) in [7, 11) is -2.90. The average molecular weight is 269 g/mol. The number of anilines is 1. The molecule has 0 spiro atoms. The first-order valence-corrected chi connectivity index (χ1v) is 7.48. The van der Waals surface area contributed by atoms with Crippen LogP contribution in [0.3, 0.4) is 0 Å². The monoisotopic (exact) mass is 269 g/mol. The molecule has 1 aliphatic rings. The van der Waals surface area contributed by atoms with Crippen molar-refractivity contribution in [2.75, 3.05) is 23.8 Å². The van der Waals surface area contributed by atoms with Crippen LogP contribution in [0.1, 0.15) is 16.8 Å². The third-order valence-corrected chi connectivity index (χ3v) is 4.81. The molecule has 6 nitrogen and oxygen atoms in total. The number of hydrogen-bond acceptors (Lipinski definition) is 5. The Morgan fingerprint density at radius 1 is 1.56 bits per heavy atom. The van der Waals surface area contributed by atoms with E-state index in [9.17, 15) is 13.2 Å².